The molecular formula is C14H27ClN2OS. The minimum Gasteiger partial charge on any atom is -0.342 e. The quantitative estimate of drug-likeness (QED) is 0.868. The second kappa shape index (κ2) is 7.75. The van der Waals surface area contributed by atoms with E-state index in [9.17, 15) is 4.79 Å². The molecule has 1 saturated carbocycles. The molecule has 2 aliphatic rings. The van der Waals surface area contributed by atoms with Crippen LogP contribution in [0.1, 0.15) is 44.9 Å². The molecule has 1 heterocycles. The maximum absolute atomic E-state index is 12.4. The highest BCUT2D eigenvalue weighted by Gasteiger charge is 2.35. The lowest BCUT2D eigenvalue weighted by atomic mass is 9.71. The molecule has 0 aromatic rings. The second-order valence-corrected chi connectivity index (χ2v) is 7.11. The van der Waals surface area contributed by atoms with Crippen molar-refractivity contribution in [3.05, 3.63) is 0 Å². The van der Waals surface area contributed by atoms with E-state index in [2.05, 4.69) is 0 Å². The summed E-state index contributed by atoms with van der Waals surface area (Å²) in [5.74, 6) is 2.62. The van der Waals surface area contributed by atoms with Crippen molar-refractivity contribution in [2.75, 3.05) is 25.1 Å². The Kier molecular flexibility index (Phi) is 6.98. The van der Waals surface area contributed by atoms with E-state index in [4.69, 9.17) is 5.73 Å². The molecule has 1 unspecified atom stereocenters. The predicted molar refractivity (Wildman–Crippen MR) is 84.9 cm³/mol. The van der Waals surface area contributed by atoms with Crippen molar-refractivity contribution in [1.82, 2.24) is 4.90 Å². The normalized spacial score (nSPS) is 25.7. The summed E-state index contributed by atoms with van der Waals surface area (Å²) in [6.45, 7) is 0.673. The summed E-state index contributed by atoms with van der Waals surface area (Å²) in [6.07, 6.45) is 7.90. The number of hydrogen-bond acceptors (Lipinski definition) is 3. The molecule has 0 bridgehead atoms. The Morgan fingerprint density at radius 1 is 1.37 bits per heavy atom. The molecule has 1 atom stereocenters. The number of amides is 1. The van der Waals surface area contributed by atoms with Gasteiger partial charge in [-0.3, -0.25) is 4.79 Å². The summed E-state index contributed by atoms with van der Waals surface area (Å²) in [6, 6.07) is 0.459. The largest absolute Gasteiger partial charge is 0.342 e. The third-order valence-corrected chi connectivity index (χ3v) is 5.87. The molecule has 2 N–H and O–H groups in total. The van der Waals surface area contributed by atoms with E-state index >= 15 is 0 Å². The van der Waals surface area contributed by atoms with Crippen molar-refractivity contribution in [3.8, 4) is 0 Å². The van der Waals surface area contributed by atoms with Gasteiger partial charge < -0.3 is 10.6 Å². The smallest absolute Gasteiger partial charge is 0.223 e. The fourth-order valence-electron chi connectivity index (χ4n) is 3.23. The predicted octanol–water partition coefficient (Wildman–Crippen LogP) is 2.67. The van der Waals surface area contributed by atoms with E-state index in [0.29, 0.717) is 24.9 Å². The average Bonchev–Trinajstić information content (AvgIpc) is 2.92. The molecule has 112 valence electrons. The number of hydrogen-bond donors (Lipinski definition) is 1. The van der Waals surface area contributed by atoms with Gasteiger partial charge in [0.15, 0.2) is 0 Å². The molecular weight excluding hydrogens is 280 g/mol. The first-order chi connectivity index (χ1) is 8.67. The van der Waals surface area contributed by atoms with Gasteiger partial charge in [-0.2, -0.15) is 11.8 Å². The summed E-state index contributed by atoms with van der Waals surface area (Å²) in [4.78, 5) is 14.4. The first kappa shape index (κ1) is 17.1. The molecule has 1 amide bonds. The van der Waals surface area contributed by atoms with E-state index in [1.807, 2.05) is 23.7 Å². The highest BCUT2D eigenvalue weighted by molar-refractivity contribution is 7.99. The van der Waals surface area contributed by atoms with E-state index in [1.165, 1.54) is 25.0 Å². The third-order valence-electron chi connectivity index (χ3n) is 4.72. The highest BCUT2D eigenvalue weighted by Crippen LogP contribution is 2.39. The molecule has 0 aromatic heterocycles. The Hall–Kier alpha value is 0.0700. The number of nitrogens with zero attached hydrogens (tertiary/aromatic N) is 1. The standard InChI is InChI=1S/C14H26N2OS.ClH/c1-16(12-5-8-18-10-12)13(17)9-14(11-15)6-3-2-4-7-14;/h12H,2-11,15H2,1H3;1H. The summed E-state index contributed by atoms with van der Waals surface area (Å²) in [7, 11) is 1.98. The van der Waals surface area contributed by atoms with Crippen LogP contribution in [0.5, 0.6) is 0 Å². The van der Waals surface area contributed by atoms with Gasteiger partial charge in [0.1, 0.15) is 0 Å². The number of rotatable bonds is 4. The number of halogens is 1. The molecule has 1 saturated heterocycles. The topological polar surface area (TPSA) is 46.3 Å². The third kappa shape index (κ3) is 4.27. The van der Waals surface area contributed by atoms with Crippen molar-refractivity contribution >= 4 is 30.1 Å². The van der Waals surface area contributed by atoms with Gasteiger partial charge in [-0.05, 0) is 37.0 Å². The SMILES string of the molecule is CN(C(=O)CC1(CN)CCCCC1)C1CCSC1.Cl. The fraction of sp³-hybridized carbons (Fsp3) is 0.929. The van der Waals surface area contributed by atoms with Gasteiger partial charge in [0.05, 0.1) is 0 Å². The van der Waals surface area contributed by atoms with Crippen molar-refractivity contribution in [1.29, 1.82) is 0 Å². The van der Waals surface area contributed by atoms with Crippen LogP contribution in [0, 0.1) is 5.41 Å². The van der Waals surface area contributed by atoms with Gasteiger partial charge >= 0.3 is 0 Å². The van der Waals surface area contributed by atoms with Crippen LogP contribution in [0.4, 0.5) is 0 Å². The maximum atomic E-state index is 12.4. The molecule has 3 nitrogen and oxygen atoms in total. The van der Waals surface area contributed by atoms with Crippen molar-refractivity contribution in [2.24, 2.45) is 11.1 Å². The number of carbonyl (C=O) groups excluding carboxylic acids is 1. The molecule has 2 fully saturated rings. The summed E-state index contributed by atoms with van der Waals surface area (Å²) >= 11 is 1.96. The first-order valence-electron chi connectivity index (χ1n) is 7.20. The lowest BCUT2D eigenvalue weighted by molar-refractivity contribution is -0.134. The lowest BCUT2D eigenvalue weighted by Crippen LogP contribution is -2.43. The zero-order chi connectivity index (χ0) is 13.0. The van der Waals surface area contributed by atoms with Gasteiger partial charge in [-0.15, -0.1) is 12.4 Å². The molecule has 19 heavy (non-hydrogen) atoms. The van der Waals surface area contributed by atoms with Crippen LogP contribution in [0.15, 0.2) is 0 Å². The Balaban J connectivity index is 0.00000180. The Labute approximate surface area is 127 Å². The maximum Gasteiger partial charge on any atom is 0.223 e. The van der Waals surface area contributed by atoms with Crippen LogP contribution < -0.4 is 5.73 Å². The van der Waals surface area contributed by atoms with Crippen LogP contribution in [0.3, 0.4) is 0 Å². The van der Waals surface area contributed by atoms with E-state index < -0.39 is 0 Å². The molecule has 5 heteroatoms. The van der Waals surface area contributed by atoms with Gasteiger partial charge in [-0.1, -0.05) is 19.3 Å². The minimum absolute atomic E-state index is 0. The monoisotopic (exact) mass is 306 g/mol. The van der Waals surface area contributed by atoms with Crippen LogP contribution in [-0.2, 0) is 4.79 Å². The van der Waals surface area contributed by atoms with Gasteiger partial charge in [0.2, 0.25) is 5.91 Å². The zero-order valence-corrected chi connectivity index (χ0v) is 13.5. The molecule has 0 radical (unpaired) electrons. The molecule has 0 aromatic carbocycles. The number of carbonyl (C=O) groups is 1. The molecule has 1 aliphatic heterocycles. The Morgan fingerprint density at radius 2 is 2.05 bits per heavy atom. The molecule has 1 aliphatic carbocycles. The van der Waals surface area contributed by atoms with E-state index in [1.54, 1.807) is 0 Å². The van der Waals surface area contributed by atoms with Crippen molar-refractivity contribution in [2.45, 2.75) is 51.0 Å². The van der Waals surface area contributed by atoms with Gasteiger partial charge in [0.25, 0.3) is 0 Å². The second-order valence-electron chi connectivity index (χ2n) is 5.96. The van der Waals surface area contributed by atoms with E-state index in [0.717, 1.165) is 25.0 Å². The van der Waals surface area contributed by atoms with Gasteiger partial charge in [-0.25, -0.2) is 0 Å². The van der Waals surface area contributed by atoms with Gasteiger partial charge in [0, 0.05) is 25.3 Å². The van der Waals surface area contributed by atoms with E-state index in [-0.39, 0.29) is 17.8 Å². The average molecular weight is 307 g/mol. The first-order valence-corrected chi connectivity index (χ1v) is 8.36. The van der Waals surface area contributed by atoms with Crippen molar-refractivity contribution in [3.63, 3.8) is 0 Å². The van der Waals surface area contributed by atoms with Crippen LogP contribution in [-0.4, -0.2) is 41.9 Å². The lowest BCUT2D eigenvalue weighted by Gasteiger charge is -2.37. The Bertz CT molecular complexity index is 289. The fourth-order valence-corrected chi connectivity index (χ4v) is 4.50. The molecule has 0 spiro atoms. The highest BCUT2D eigenvalue weighted by atomic mass is 35.5. The minimum atomic E-state index is 0. The summed E-state index contributed by atoms with van der Waals surface area (Å²) in [5, 5.41) is 0. The van der Waals surface area contributed by atoms with Crippen molar-refractivity contribution < 1.29 is 4.79 Å². The van der Waals surface area contributed by atoms with Crippen LogP contribution in [0.2, 0.25) is 0 Å². The number of thioether (sulfide) groups is 1. The molecule has 2 rings (SSSR count). The van der Waals surface area contributed by atoms with Crippen LogP contribution >= 0.6 is 24.2 Å². The summed E-state index contributed by atoms with van der Waals surface area (Å²) in [5.41, 5.74) is 6.07. The van der Waals surface area contributed by atoms with Crippen LogP contribution in [0.25, 0.3) is 0 Å². The Morgan fingerprint density at radius 3 is 2.58 bits per heavy atom. The number of nitrogens with two attached hydrogens (primary N) is 1. The summed E-state index contributed by atoms with van der Waals surface area (Å²) < 4.78 is 0. The zero-order valence-electron chi connectivity index (χ0n) is 11.9.